The van der Waals surface area contributed by atoms with Gasteiger partial charge in [-0.25, -0.2) is 13.2 Å². The molecule has 17 heavy (non-hydrogen) atoms. The maximum atomic E-state index is 13.5. The van der Waals surface area contributed by atoms with Gasteiger partial charge < -0.3 is 0 Å². The van der Waals surface area contributed by atoms with Gasteiger partial charge in [0.15, 0.2) is 0 Å². The number of rotatable bonds is 1. The average Bonchev–Trinajstić information content (AvgIpc) is 2.13. The highest BCUT2D eigenvalue weighted by atomic mass is 35.5. The highest BCUT2D eigenvalue weighted by molar-refractivity contribution is 6.34. The van der Waals surface area contributed by atoms with Gasteiger partial charge in [0.05, 0.1) is 15.6 Å². The Labute approximate surface area is 106 Å². The van der Waals surface area contributed by atoms with Gasteiger partial charge in [-0.15, -0.1) is 0 Å². The SMILES string of the molecule is Fc1cc(F)c(-c2cc(Cl)[c]c(Cl)c2)c(F)c1. The molecular weight excluding hydrogens is 272 g/mol. The largest absolute Gasteiger partial charge is 0.207 e. The van der Waals surface area contributed by atoms with Crippen LogP contribution in [0.15, 0.2) is 24.3 Å². The van der Waals surface area contributed by atoms with Gasteiger partial charge >= 0.3 is 0 Å². The van der Waals surface area contributed by atoms with Crippen LogP contribution in [-0.2, 0) is 0 Å². The molecular formula is C12H4Cl2F3. The van der Waals surface area contributed by atoms with Crippen molar-refractivity contribution < 1.29 is 13.2 Å². The van der Waals surface area contributed by atoms with Crippen molar-refractivity contribution in [3.8, 4) is 11.1 Å². The Balaban J connectivity index is 2.68. The minimum absolute atomic E-state index is 0.121. The first-order valence-corrected chi connectivity index (χ1v) is 5.26. The van der Waals surface area contributed by atoms with Gasteiger partial charge in [0.25, 0.3) is 0 Å². The molecule has 0 nitrogen and oxygen atoms in total. The van der Waals surface area contributed by atoms with E-state index in [0.717, 1.165) is 0 Å². The van der Waals surface area contributed by atoms with Crippen molar-refractivity contribution >= 4 is 23.2 Å². The van der Waals surface area contributed by atoms with E-state index in [4.69, 9.17) is 23.2 Å². The molecule has 2 aromatic carbocycles. The van der Waals surface area contributed by atoms with Crippen LogP contribution in [0.4, 0.5) is 13.2 Å². The van der Waals surface area contributed by atoms with Gasteiger partial charge in [0, 0.05) is 18.2 Å². The Bertz CT molecular complexity index is 539. The average molecular weight is 276 g/mol. The number of hydrogen-bond donors (Lipinski definition) is 0. The Hall–Kier alpha value is -1.19. The molecule has 87 valence electrons. The van der Waals surface area contributed by atoms with E-state index in [1.807, 2.05) is 0 Å². The van der Waals surface area contributed by atoms with Crippen LogP contribution >= 0.6 is 23.2 Å². The van der Waals surface area contributed by atoms with Gasteiger partial charge in [-0.05, 0) is 17.7 Å². The van der Waals surface area contributed by atoms with E-state index in [-0.39, 0.29) is 21.2 Å². The first-order valence-electron chi connectivity index (χ1n) is 4.50. The lowest BCUT2D eigenvalue weighted by molar-refractivity contribution is 0.548. The summed E-state index contributed by atoms with van der Waals surface area (Å²) in [5, 5.41) is 0.242. The summed E-state index contributed by atoms with van der Waals surface area (Å²) in [6.07, 6.45) is 0. The third-order valence-corrected chi connectivity index (χ3v) is 2.51. The second kappa shape index (κ2) is 4.59. The summed E-state index contributed by atoms with van der Waals surface area (Å²) < 4.78 is 39.7. The first kappa shape index (κ1) is 12.3. The van der Waals surface area contributed by atoms with E-state index in [9.17, 15) is 13.2 Å². The highest BCUT2D eigenvalue weighted by Gasteiger charge is 2.14. The molecule has 2 rings (SSSR count). The molecule has 0 aliphatic rings. The van der Waals surface area contributed by atoms with E-state index >= 15 is 0 Å². The molecule has 0 heterocycles. The summed E-state index contributed by atoms with van der Waals surface area (Å²) in [6.45, 7) is 0. The lowest BCUT2D eigenvalue weighted by atomic mass is 10.0. The Kier molecular flexibility index (Phi) is 3.31. The van der Waals surface area contributed by atoms with Crippen molar-refractivity contribution in [1.29, 1.82) is 0 Å². The fourth-order valence-corrected chi connectivity index (χ4v) is 1.95. The van der Waals surface area contributed by atoms with Crippen LogP contribution in [0, 0.1) is 23.5 Å². The molecule has 2 aromatic rings. The second-order valence-electron chi connectivity index (χ2n) is 3.31. The van der Waals surface area contributed by atoms with Gasteiger partial charge in [0.2, 0.25) is 0 Å². The monoisotopic (exact) mass is 275 g/mol. The molecule has 0 fully saturated rings. The predicted molar refractivity (Wildman–Crippen MR) is 60.6 cm³/mol. The summed E-state index contributed by atoms with van der Waals surface area (Å²) in [5.74, 6) is -3.01. The lowest BCUT2D eigenvalue weighted by Crippen LogP contribution is -1.92. The summed E-state index contributed by atoms with van der Waals surface area (Å²) >= 11 is 11.4. The first-order chi connectivity index (χ1) is 7.97. The highest BCUT2D eigenvalue weighted by Crippen LogP contribution is 2.31. The van der Waals surface area contributed by atoms with E-state index in [1.165, 1.54) is 12.1 Å². The molecule has 0 atom stereocenters. The normalized spacial score (nSPS) is 10.6. The van der Waals surface area contributed by atoms with Crippen LogP contribution in [0.3, 0.4) is 0 Å². The van der Waals surface area contributed by atoms with Gasteiger partial charge in [-0.3, -0.25) is 0 Å². The third-order valence-electron chi connectivity index (χ3n) is 2.10. The molecule has 0 bridgehead atoms. The van der Waals surface area contributed by atoms with Crippen LogP contribution in [0.1, 0.15) is 0 Å². The molecule has 0 aliphatic heterocycles. The minimum atomic E-state index is -1.01. The molecule has 0 unspecified atom stereocenters. The van der Waals surface area contributed by atoms with Gasteiger partial charge in [-0.1, -0.05) is 23.2 Å². The predicted octanol–water partition coefficient (Wildman–Crippen LogP) is 4.88. The van der Waals surface area contributed by atoms with Crippen molar-refractivity contribution in [3.63, 3.8) is 0 Å². The molecule has 0 aliphatic carbocycles. The van der Waals surface area contributed by atoms with E-state index in [1.54, 1.807) is 0 Å². The maximum Gasteiger partial charge on any atom is 0.136 e. The lowest BCUT2D eigenvalue weighted by Gasteiger charge is -2.06. The molecule has 5 heteroatoms. The topological polar surface area (TPSA) is 0 Å². The summed E-state index contributed by atoms with van der Waals surface area (Å²) in [7, 11) is 0. The Morgan fingerprint density at radius 3 is 1.76 bits per heavy atom. The van der Waals surface area contributed by atoms with Crippen LogP contribution < -0.4 is 0 Å². The minimum Gasteiger partial charge on any atom is -0.207 e. The van der Waals surface area contributed by atoms with Gasteiger partial charge in [-0.2, -0.15) is 0 Å². The zero-order chi connectivity index (χ0) is 12.6. The summed E-state index contributed by atoms with van der Waals surface area (Å²) in [6, 6.07) is 6.33. The second-order valence-corrected chi connectivity index (χ2v) is 4.12. The number of halogens is 5. The fraction of sp³-hybridized carbons (Fsp3) is 0. The number of hydrogen-bond acceptors (Lipinski definition) is 0. The van der Waals surface area contributed by atoms with Crippen molar-refractivity contribution in [1.82, 2.24) is 0 Å². The maximum absolute atomic E-state index is 13.5. The van der Waals surface area contributed by atoms with Crippen molar-refractivity contribution in [2.24, 2.45) is 0 Å². The zero-order valence-corrected chi connectivity index (χ0v) is 9.71. The van der Waals surface area contributed by atoms with Crippen molar-refractivity contribution in [3.05, 3.63) is 57.8 Å². The molecule has 0 amide bonds. The standard InChI is InChI=1S/C12H4Cl2F3/c13-7-1-6(2-8(14)3-7)12-10(16)4-9(15)5-11(12)17/h1-2,4-5H. The van der Waals surface area contributed by atoms with Crippen LogP contribution in [0.2, 0.25) is 10.0 Å². The third kappa shape index (κ3) is 2.56. The smallest absolute Gasteiger partial charge is 0.136 e. The zero-order valence-electron chi connectivity index (χ0n) is 8.20. The van der Waals surface area contributed by atoms with E-state index in [0.29, 0.717) is 12.1 Å². The number of benzene rings is 2. The Morgan fingerprint density at radius 2 is 1.29 bits per heavy atom. The quantitative estimate of drug-likeness (QED) is 0.696. The van der Waals surface area contributed by atoms with Crippen LogP contribution in [0.25, 0.3) is 11.1 Å². The molecule has 0 saturated carbocycles. The molecule has 1 radical (unpaired) electrons. The molecule has 0 spiro atoms. The Morgan fingerprint density at radius 1 is 0.824 bits per heavy atom. The fourth-order valence-electron chi connectivity index (χ4n) is 1.46. The van der Waals surface area contributed by atoms with Crippen molar-refractivity contribution in [2.45, 2.75) is 0 Å². The summed E-state index contributed by atoms with van der Waals surface area (Å²) in [4.78, 5) is 0. The van der Waals surface area contributed by atoms with Gasteiger partial charge in [0.1, 0.15) is 17.5 Å². The van der Waals surface area contributed by atoms with Crippen molar-refractivity contribution in [2.75, 3.05) is 0 Å². The van der Waals surface area contributed by atoms with E-state index < -0.39 is 17.5 Å². The molecule has 0 N–H and O–H groups in total. The van der Waals surface area contributed by atoms with Crippen LogP contribution in [0.5, 0.6) is 0 Å². The molecule has 0 saturated heterocycles. The van der Waals surface area contributed by atoms with E-state index in [2.05, 4.69) is 6.07 Å². The summed E-state index contributed by atoms with van der Waals surface area (Å²) in [5.41, 5.74) is -0.238. The molecule has 0 aromatic heterocycles. The van der Waals surface area contributed by atoms with Crippen LogP contribution in [-0.4, -0.2) is 0 Å².